The van der Waals surface area contributed by atoms with Crippen LogP contribution in [-0.4, -0.2) is 74.3 Å². The smallest absolute Gasteiger partial charge is 0.309 e. The van der Waals surface area contributed by atoms with Crippen LogP contribution in [0.15, 0.2) is 0 Å². The number of likely N-dealkylation sites (tertiary alicyclic amines) is 1. The standard InChI is InChI=1S/C33H63N3O6Si/c1-20(2)17-26(29(37)34-19-21(3)4)35-30(38)27-18-25(42-43(13,14)33(10,11)12)15-16-36(27)31(39)28(23(7)8)41-32(40)24(9)22(5)6/h20-28H,15-19H2,1-14H3,(H,34,37)(H,35,38)/t24-,25+,26+,27-,28+/m1/s1. The lowest BCUT2D eigenvalue weighted by Gasteiger charge is -2.45. The van der Waals surface area contributed by atoms with Gasteiger partial charge < -0.3 is 24.7 Å². The highest BCUT2D eigenvalue weighted by Gasteiger charge is 2.45. The molecule has 0 unspecified atom stereocenters. The molecule has 0 aromatic carbocycles. The van der Waals surface area contributed by atoms with Crippen LogP contribution >= 0.6 is 0 Å². The third-order valence-electron chi connectivity index (χ3n) is 8.90. The average molecular weight is 626 g/mol. The number of nitrogens with zero attached hydrogens (tertiary/aromatic N) is 1. The van der Waals surface area contributed by atoms with Gasteiger partial charge >= 0.3 is 5.97 Å². The molecule has 1 saturated heterocycles. The fourth-order valence-corrected chi connectivity index (χ4v) is 6.09. The maximum Gasteiger partial charge on any atom is 0.309 e. The van der Waals surface area contributed by atoms with Crippen molar-refractivity contribution in [1.82, 2.24) is 15.5 Å². The number of nitrogens with one attached hydrogen (secondary N) is 2. The summed E-state index contributed by atoms with van der Waals surface area (Å²) in [6.45, 7) is 29.1. The molecule has 9 nitrogen and oxygen atoms in total. The molecule has 43 heavy (non-hydrogen) atoms. The topological polar surface area (TPSA) is 114 Å². The Morgan fingerprint density at radius 1 is 0.907 bits per heavy atom. The number of ether oxygens (including phenoxy) is 1. The van der Waals surface area contributed by atoms with E-state index < -0.39 is 32.5 Å². The molecule has 2 N–H and O–H groups in total. The van der Waals surface area contributed by atoms with Crippen molar-refractivity contribution in [3.63, 3.8) is 0 Å². The highest BCUT2D eigenvalue weighted by Crippen LogP contribution is 2.39. The predicted molar refractivity (Wildman–Crippen MR) is 175 cm³/mol. The van der Waals surface area contributed by atoms with Crippen LogP contribution < -0.4 is 10.6 Å². The van der Waals surface area contributed by atoms with Crippen molar-refractivity contribution in [3.8, 4) is 0 Å². The Hall–Kier alpha value is -1.94. The first-order chi connectivity index (χ1) is 19.6. The average Bonchev–Trinajstić information content (AvgIpc) is 2.87. The number of carbonyl (C=O) groups excluding carboxylic acids is 4. The van der Waals surface area contributed by atoms with Gasteiger partial charge in [-0.2, -0.15) is 0 Å². The zero-order chi connectivity index (χ0) is 33.4. The van der Waals surface area contributed by atoms with E-state index in [-0.39, 0.29) is 58.5 Å². The van der Waals surface area contributed by atoms with E-state index in [1.54, 1.807) is 11.8 Å². The summed E-state index contributed by atoms with van der Waals surface area (Å²) in [5.74, 6) is -1.55. The molecule has 0 spiro atoms. The maximum absolute atomic E-state index is 14.1. The monoisotopic (exact) mass is 625 g/mol. The van der Waals surface area contributed by atoms with Gasteiger partial charge in [0.2, 0.25) is 11.8 Å². The quantitative estimate of drug-likeness (QED) is 0.194. The zero-order valence-corrected chi connectivity index (χ0v) is 30.6. The molecule has 5 atom stereocenters. The molecule has 0 aromatic heterocycles. The Morgan fingerprint density at radius 2 is 1.49 bits per heavy atom. The molecule has 1 heterocycles. The fraction of sp³-hybridized carbons (Fsp3) is 0.879. The van der Waals surface area contributed by atoms with Crippen molar-refractivity contribution in [2.75, 3.05) is 13.1 Å². The number of piperidine rings is 1. The van der Waals surface area contributed by atoms with Gasteiger partial charge in [0.05, 0.1) is 5.92 Å². The van der Waals surface area contributed by atoms with Gasteiger partial charge in [-0.15, -0.1) is 0 Å². The highest BCUT2D eigenvalue weighted by molar-refractivity contribution is 6.74. The van der Waals surface area contributed by atoms with Gasteiger partial charge in [-0.3, -0.25) is 19.2 Å². The second-order valence-corrected chi connectivity index (χ2v) is 20.3. The maximum atomic E-state index is 14.1. The van der Waals surface area contributed by atoms with E-state index in [0.717, 1.165) is 0 Å². The van der Waals surface area contributed by atoms with E-state index in [1.165, 1.54) is 0 Å². The second-order valence-electron chi connectivity index (χ2n) is 15.5. The lowest BCUT2D eigenvalue weighted by molar-refractivity contribution is -0.170. The summed E-state index contributed by atoms with van der Waals surface area (Å²) in [5.41, 5.74) is 0. The first kappa shape index (κ1) is 39.1. The summed E-state index contributed by atoms with van der Waals surface area (Å²) in [6, 6.07) is -1.58. The van der Waals surface area contributed by atoms with Crippen LogP contribution in [0.2, 0.25) is 18.1 Å². The molecule has 0 radical (unpaired) electrons. The van der Waals surface area contributed by atoms with E-state index >= 15 is 0 Å². The van der Waals surface area contributed by atoms with Gasteiger partial charge in [-0.05, 0) is 54.6 Å². The number of esters is 1. The summed E-state index contributed by atoms with van der Waals surface area (Å²) in [6.07, 6.45) is 0.142. The SMILES string of the molecule is CC(C)CNC(=O)[C@H](CC(C)C)NC(=O)[C@H]1C[C@@H](O[Si](C)(C)C(C)(C)C)CCN1C(=O)[C@@H](OC(=O)[C@H](C)C(C)C)C(C)C. The van der Waals surface area contributed by atoms with Crippen molar-refractivity contribution in [2.24, 2.45) is 29.6 Å². The molecule has 3 amide bonds. The molecular weight excluding hydrogens is 562 g/mol. The lowest BCUT2D eigenvalue weighted by atomic mass is 9.95. The summed E-state index contributed by atoms with van der Waals surface area (Å²) in [7, 11) is -2.15. The minimum absolute atomic E-state index is 0.0153. The van der Waals surface area contributed by atoms with Crippen molar-refractivity contribution in [3.05, 3.63) is 0 Å². The zero-order valence-electron chi connectivity index (χ0n) is 29.6. The number of hydrogen-bond acceptors (Lipinski definition) is 6. The number of amides is 3. The van der Waals surface area contributed by atoms with Gasteiger partial charge in [-0.25, -0.2) is 0 Å². The van der Waals surface area contributed by atoms with Gasteiger partial charge in [-0.1, -0.05) is 83.1 Å². The van der Waals surface area contributed by atoms with Gasteiger partial charge in [0.15, 0.2) is 14.4 Å². The van der Waals surface area contributed by atoms with Gasteiger partial charge in [0.25, 0.3) is 5.91 Å². The Bertz CT molecular complexity index is 943. The molecule has 10 heteroatoms. The Balaban J connectivity index is 3.39. The molecule has 250 valence electrons. The molecule has 1 aliphatic rings. The Morgan fingerprint density at radius 3 is 1.95 bits per heavy atom. The largest absolute Gasteiger partial charge is 0.452 e. The van der Waals surface area contributed by atoms with E-state index in [4.69, 9.17) is 9.16 Å². The van der Waals surface area contributed by atoms with Crippen LogP contribution in [0.25, 0.3) is 0 Å². The summed E-state index contributed by atoms with van der Waals surface area (Å²) in [4.78, 5) is 55.7. The third kappa shape index (κ3) is 11.8. The Kier molecular flexibility index (Phi) is 14.9. The van der Waals surface area contributed by atoms with Crippen molar-refractivity contribution < 1.29 is 28.3 Å². The van der Waals surface area contributed by atoms with Crippen LogP contribution in [0.3, 0.4) is 0 Å². The van der Waals surface area contributed by atoms with E-state index in [0.29, 0.717) is 32.4 Å². The van der Waals surface area contributed by atoms with E-state index in [9.17, 15) is 19.2 Å². The normalized spacial score (nSPS) is 20.3. The summed E-state index contributed by atoms with van der Waals surface area (Å²) >= 11 is 0. The lowest BCUT2D eigenvalue weighted by Crippen LogP contribution is -2.61. The minimum Gasteiger partial charge on any atom is -0.452 e. The van der Waals surface area contributed by atoms with E-state index in [2.05, 4.69) is 44.5 Å². The van der Waals surface area contributed by atoms with Crippen molar-refractivity contribution in [2.45, 2.75) is 145 Å². The molecule has 1 fully saturated rings. The highest BCUT2D eigenvalue weighted by atomic mass is 28.4. The molecule has 0 aromatic rings. The fourth-order valence-electron chi connectivity index (χ4n) is 4.68. The molecule has 1 rings (SSSR count). The molecule has 0 aliphatic carbocycles. The van der Waals surface area contributed by atoms with Gasteiger partial charge in [0, 0.05) is 25.6 Å². The minimum atomic E-state index is -2.15. The van der Waals surface area contributed by atoms with Crippen molar-refractivity contribution >= 4 is 32.0 Å². The molecule has 0 bridgehead atoms. The molecule has 0 saturated carbocycles. The summed E-state index contributed by atoms with van der Waals surface area (Å²) < 4.78 is 12.5. The Labute approximate surface area is 263 Å². The number of carbonyl (C=O) groups is 4. The molecule has 1 aliphatic heterocycles. The van der Waals surface area contributed by atoms with Crippen LogP contribution in [0, 0.1) is 29.6 Å². The number of rotatable bonds is 14. The van der Waals surface area contributed by atoms with Crippen LogP contribution in [0.1, 0.15) is 102 Å². The summed E-state index contributed by atoms with van der Waals surface area (Å²) in [5, 5.41) is 5.92. The third-order valence-corrected chi connectivity index (χ3v) is 13.4. The van der Waals surface area contributed by atoms with Gasteiger partial charge in [0.1, 0.15) is 12.1 Å². The first-order valence-electron chi connectivity index (χ1n) is 16.4. The first-order valence-corrected chi connectivity index (χ1v) is 19.3. The van der Waals surface area contributed by atoms with Crippen LogP contribution in [-0.2, 0) is 28.3 Å². The van der Waals surface area contributed by atoms with Crippen LogP contribution in [0.5, 0.6) is 0 Å². The number of hydrogen-bond donors (Lipinski definition) is 2. The van der Waals surface area contributed by atoms with Crippen LogP contribution in [0.4, 0.5) is 0 Å². The second kappa shape index (κ2) is 16.4. The molecular formula is C33H63N3O6Si. The predicted octanol–water partition coefficient (Wildman–Crippen LogP) is 5.53. The van der Waals surface area contributed by atoms with Crippen molar-refractivity contribution in [1.29, 1.82) is 0 Å². The van der Waals surface area contributed by atoms with E-state index in [1.807, 2.05) is 55.4 Å².